The highest BCUT2D eigenvalue weighted by Gasteiger charge is 2.35. The van der Waals surface area contributed by atoms with Crippen LogP contribution >= 0.6 is 0 Å². The quantitative estimate of drug-likeness (QED) is 0.781. The molecule has 1 fully saturated rings. The summed E-state index contributed by atoms with van der Waals surface area (Å²) in [5.41, 5.74) is 1.81. The summed E-state index contributed by atoms with van der Waals surface area (Å²) in [4.78, 5) is 37.9. The second-order valence-electron chi connectivity index (χ2n) is 6.69. The van der Waals surface area contributed by atoms with Crippen LogP contribution in [0.1, 0.15) is 13.3 Å². The lowest BCUT2D eigenvalue weighted by atomic mass is 10.1. The van der Waals surface area contributed by atoms with Gasteiger partial charge >= 0.3 is 0 Å². The fraction of sp³-hybridized carbons (Fsp3) is 0.286. The molecule has 1 aliphatic rings. The van der Waals surface area contributed by atoms with E-state index < -0.39 is 5.92 Å². The Kier molecular flexibility index (Phi) is 6.01. The first-order valence-electron chi connectivity index (χ1n) is 9.12. The molecule has 1 heterocycles. The molecule has 2 aromatic carbocycles. The van der Waals surface area contributed by atoms with Crippen molar-refractivity contribution in [3.8, 4) is 11.5 Å². The number of rotatable bonds is 6. The zero-order valence-electron chi connectivity index (χ0n) is 16.5. The monoisotopic (exact) mass is 397 g/mol. The Morgan fingerprint density at radius 1 is 1.03 bits per heavy atom. The minimum absolute atomic E-state index is 0.117. The lowest BCUT2D eigenvalue weighted by Crippen LogP contribution is -2.28. The molecule has 3 amide bonds. The Hall–Kier alpha value is -3.55. The first-order valence-corrected chi connectivity index (χ1v) is 9.12. The van der Waals surface area contributed by atoms with Crippen molar-refractivity contribution in [3.63, 3.8) is 0 Å². The normalized spacial score (nSPS) is 15.8. The summed E-state index contributed by atoms with van der Waals surface area (Å²) < 4.78 is 10.5. The standard InChI is InChI=1S/C21H23N3O5/c1-13(25)22-15-4-6-16(7-5-15)24-12-14(10-20(24)26)21(27)23-18-11-17(28-2)8-9-19(18)29-3/h4-9,11,14H,10,12H2,1-3H3,(H,22,25)(H,23,27)/t14-/m1/s1. The number of ether oxygens (including phenoxy) is 2. The maximum Gasteiger partial charge on any atom is 0.229 e. The van der Waals surface area contributed by atoms with Gasteiger partial charge in [0.2, 0.25) is 17.7 Å². The van der Waals surface area contributed by atoms with Crippen LogP contribution in [0.3, 0.4) is 0 Å². The maximum atomic E-state index is 12.7. The number of nitrogens with zero attached hydrogens (tertiary/aromatic N) is 1. The molecule has 0 bridgehead atoms. The van der Waals surface area contributed by atoms with Crippen molar-refractivity contribution in [1.82, 2.24) is 0 Å². The zero-order valence-corrected chi connectivity index (χ0v) is 16.5. The average Bonchev–Trinajstić information content (AvgIpc) is 3.10. The predicted molar refractivity (Wildman–Crippen MR) is 109 cm³/mol. The summed E-state index contributed by atoms with van der Waals surface area (Å²) in [6, 6.07) is 12.0. The first kappa shape index (κ1) is 20.2. The summed E-state index contributed by atoms with van der Waals surface area (Å²) in [6.07, 6.45) is 0.117. The summed E-state index contributed by atoms with van der Waals surface area (Å²) in [7, 11) is 3.06. The molecule has 0 radical (unpaired) electrons. The van der Waals surface area contributed by atoms with E-state index in [0.717, 1.165) is 0 Å². The second-order valence-corrected chi connectivity index (χ2v) is 6.69. The van der Waals surface area contributed by atoms with Crippen LogP contribution in [0.15, 0.2) is 42.5 Å². The molecule has 2 N–H and O–H groups in total. The van der Waals surface area contributed by atoms with Crippen LogP contribution in [-0.4, -0.2) is 38.5 Å². The van der Waals surface area contributed by atoms with Crippen LogP contribution in [0, 0.1) is 5.92 Å². The molecule has 1 atom stereocenters. The van der Waals surface area contributed by atoms with E-state index in [1.807, 2.05) is 0 Å². The predicted octanol–water partition coefficient (Wildman–Crippen LogP) is 2.65. The van der Waals surface area contributed by atoms with E-state index in [0.29, 0.717) is 28.6 Å². The summed E-state index contributed by atoms with van der Waals surface area (Å²) >= 11 is 0. The van der Waals surface area contributed by atoms with Crippen molar-refractivity contribution in [1.29, 1.82) is 0 Å². The Morgan fingerprint density at radius 3 is 2.38 bits per heavy atom. The van der Waals surface area contributed by atoms with Gasteiger partial charge in [-0.05, 0) is 36.4 Å². The van der Waals surface area contributed by atoms with Gasteiger partial charge in [-0.1, -0.05) is 0 Å². The van der Waals surface area contributed by atoms with Crippen molar-refractivity contribution in [2.45, 2.75) is 13.3 Å². The number of nitrogens with one attached hydrogen (secondary N) is 2. The van der Waals surface area contributed by atoms with Crippen molar-refractivity contribution in [2.24, 2.45) is 5.92 Å². The van der Waals surface area contributed by atoms with Gasteiger partial charge < -0.3 is 25.0 Å². The Morgan fingerprint density at radius 2 is 1.76 bits per heavy atom. The van der Waals surface area contributed by atoms with E-state index in [2.05, 4.69) is 10.6 Å². The minimum Gasteiger partial charge on any atom is -0.497 e. The molecule has 0 spiro atoms. The molecule has 3 rings (SSSR count). The summed E-state index contributed by atoms with van der Waals surface area (Å²) in [6.45, 7) is 1.70. The van der Waals surface area contributed by atoms with Crippen LogP contribution in [0.25, 0.3) is 0 Å². The van der Waals surface area contributed by atoms with Gasteiger partial charge in [0.25, 0.3) is 0 Å². The molecule has 0 unspecified atom stereocenters. The number of carbonyl (C=O) groups excluding carboxylic acids is 3. The lowest BCUT2D eigenvalue weighted by Gasteiger charge is -2.18. The van der Waals surface area contributed by atoms with E-state index >= 15 is 0 Å². The van der Waals surface area contributed by atoms with Gasteiger partial charge in [0, 0.05) is 37.3 Å². The van der Waals surface area contributed by atoms with Crippen LogP contribution in [0.2, 0.25) is 0 Å². The molecule has 2 aromatic rings. The van der Waals surface area contributed by atoms with Gasteiger partial charge in [-0.15, -0.1) is 0 Å². The number of methoxy groups -OCH3 is 2. The van der Waals surface area contributed by atoms with Gasteiger partial charge in [-0.25, -0.2) is 0 Å². The molecule has 0 aliphatic carbocycles. The lowest BCUT2D eigenvalue weighted by molar-refractivity contribution is -0.122. The van der Waals surface area contributed by atoms with Crippen molar-refractivity contribution in [2.75, 3.05) is 36.3 Å². The molecule has 1 aliphatic heterocycles. The second kappa shape index (κ2) is 8.64. The van der Waals surface area contributed by atoms with Gasteiger partial charge in [-0.2, -0.15) is 0 Å². The van der Waals surface area contributed by atoms with E-state index in [4.69, 9.17) is 9.47 Å². The number of carbonyl (C=O) groups is 3. The molecular formula is C21H23N3O5. The van der Waals surface area contributed by atoms with Gasteiger partial charge in [-0.3, -0.25) is 14.4 Å². The van der Waals surface area contributed by atoms with Crippen LogP contribution < -0.4 is 25.0 Å². The highest BCUT2D eigenvalue weighted by molar-refractivity contribution is 6.04. The third-order valence-corrected chi connectivity index (χ3v) is 4.66. The highest BCUT2D eigenvalue weighted by Crippen LogP contribution is 2.31. The average molecular weight is 397 g/mol. The number of hydrogen-bond donors (Lipinski definition) is 2. The summed E-state index contributed by atoms with van der Waals surface area (Å²) in [5, 5.41) is 5.51. The number of benzene rings is 2. The van der Waals surface area contributed by atoms with Gasteiger partial charge in [0.1, 0.15) is 11.5 Å². The summed E-state index contributed by atoms with van der Waals surface area (Å²) in [5.74, 6) is 0.0452. The van der Waals surface area contributed by atoms with Gasteiger partial charge in [0.05, 0.1) is 25.8 Å². The number of anilines is 3. The molecule has 8 nitrogen and oxygen atoms in total. The minimum atomic E-state index is -0.492. The van der Waals surface area contributed by atoms with E-state index in [1.165, 1.54) is 21.1 Å². The van der Waals surface area contributed by atoms with Gasteiger partial charge in [0.15, 0.2) is 0 Å². The fourth-order valence-electron chi connectivity index (χ4n) is 3.21. The van der Waals surface area contributed by atoms with Crippen LogP contribution in [0.4, 0.5) is 17.1 Å². The van der Waals surface area contributed by atoms with Crippen molar-refractivity contribution < 1.29 is 23.9 Å². The molecular weight excluding hydrogens is 374 g/mol. The Balaban J connectivity index is 1.70. The number of hydrogen-bond acceptors (Lipinski definition) is 5. The van der Waals surface area contributed by atoms with Crippen molar-refractivity contribution >= 4 is 34.8 Å². The molecule has 1 saturated heterocycles. The molecule has 0 saturated carbocycles. The molecule has 152 valence electrons. The molecule has 8 heteroatoms. The maximum absolute atomic E-state index is 12.7. The first-order chi connectivity index (χ1) is 13.9. The Labute approximate surface area is 168 Å². The van der Waals surface area contributed by atoms with Crippen molar-refractivity contribution in [3.05, 3.63) is 42.5 Å². The van der Waals surface area contributed by atoms with E-state index in [1.54, 1.807) is 47.4 Å². The zero-order chi connectivity index (χ0) is 21.0. The third-order valence-electron chi connectivity index (χ3n) is 4.66. The van der Waals surface area contributed by atoms with Crippen LogP contribution in [0.5, 0.6) is 11.5 Å². The van der Waals surface area contributed by atoms with E-state index in [9.17, 15) is 14.4 Å². The number of amides is 3. The SMILES string of the molecule is COc1ccc(OC)c(NC(=O)[C@@H]2CC(=O)N(c3ccc(NC(C)=O)cc3)C2)c1. The van der Waals surface area contributed by atoms with Crippen LogP contribution in [-0.2, 0) is 14.4 Å². The largest absolute Gasteiger partial charge is 0.497 e. The topological polar surface area (TPSA) is 97.0 Å². The smallest absolute Gasteiger partial charge is 0.229 e. The fourth-order valence-corrected chi connectivity index (χ4v) is 3.21. The molecule has 29 heavy (non-hydrogen) atoms. The Bertz CT molecular complexity index is 926. The highest BCUT2D eigenvalue weighted by atomic mass is 16.5. The van der Waals surface area contributed by atoms with E-state index in [-0.39, 0.29) is 30.7 Å². The molecule has 0 aromatic heterocycles. The third kappa shape index (κ3) is 4.66.